The number of carboxylic acids is 1. The monoisotopic (exact) mass is 301 g/mol. The van der Waals surface area contributed by atoms with Crippen molar-refractivity contribution in [3.05, 3.63) is 29.8 Å². The van der Waals surface area contributed by atoms with Gasteiger partial charge in [0.05, 0.1) is 0 Å². The molecule has 2 atom stereocenters. The molecule has 2 unspecified atom stereocenters. The van der Waals surface area contributed by atoms with Gasteiger partial charge in [-0.25, -0.2) is 13.6 Å². The second kappa shape index (κ2) is 7.56. The summed E-state index contributed by atoms with van der Waals surface area (Å²) in [5.74, 6) is -4.06. The summed E-state index contributed by atoms with van der Waals surface area (Å²) in [6, 6.07) is 1.65. The van der Waals surface area contributed by atoms with E-state index in [4.69, 9.17) is 9.84 Å². The van der Waals surface area contributed by atoms with E-state index in [0.717, 1.165) is 12.1 Å². The van der Waals surface area contributed by atoms with Crippen LogP contribution >= 0.6 is 0 Å². The first kappa shape index (κ1) is 16.9. The van der Waals surface area contributed by atoms with Gasteiger partial charge in [0.25, 0.3) is 5.91 Å². The molecular weight excluding hydrogens is 284 g/mol. The SMILES string of the molecule is CCC(C)C(NC(=O)COc1ccc(F)cc1F)C(=O)O. The van der Waals surface area contributed by atoms with E-state index in [1.807, 2.05) is 0 Å². The van der Waals surface area contributed by atoms with Crippen molar-refractivity contribution < 1.29 is 28.2 Å². The molecule has 1 amide bonds. The van der Waals surface area contributed by atoms with Crippen LogP contribution in [0.3, 0.4) is 0 Å². The molecule has 21 heavy (non-hydrogen) atoms. The third-order valence-electron chi connectivity index (χ3n) is 3.05. The Kier molecular flexibility index (Phi) is 6.08. The number of carbonyl (C=O) groups is 2. The molecule has 1 aromatic rings. The molecular formula is C14H17F2NO4. The van der Waals surface area contributed by atoms with E-state index in [-0.39, 0.29) is 11.7 Å². The van der Waals surface area contributed by atoms with Crippen molar-refractivity contribution in [3.63, 3.8) is 0 Å². The van der Waals surface area contributed by atoms with Gasteiger partial charge in [0.15, 0.2) is 18.2 Å². The smallest absolute Gasteiger partial charge is 0.326 e. The van der Waals surface area contributed by atoms with E-state index >= 15 is 0 Å². The van der Waals surface area contributed by atoms with Crippen molar-refractivity contribution in [1.29, 1.82) is 0 Å². The van der Waals surface area contributed by atoms with Gasteiger partial charge in [-0.15, -0.1) is 0 Å². The second-order valence-corrected chi connectivity index (χ2v) is 4.63. The van der Waals surface area contributed by atoms with E-state index in [1.165, 1.54) is 0 Å². The normalized spacial score (nSPS) is 13.3. The Balaban J connectivity index is 2.58. The van der Waals surface area contributed by atoms with Gasteiger partial charge in [0.1, 0.15) is 11.9 Å². The molecule has 0 radical (unpaired) electrons. The lowest BCUT2D eigenvalue weighted by atomic mass is 9.99. The van der Waals surface area contributed by atoms with E-state index in [0.29, 0.717) is 12.5 Å². The van der Waals surface area contributed by atoms with Gasteiger partial charge < -0.3 is 15.2 Å². The number of nitrogens with one attached hydrogen (secondary N) is 1. The number of hydrogen-bond acceptors (Lipinski definition) is 3. The predicted octanol–water partition coefficient (Wildman–Crippen LogP) is 1.96. The number of halogens is 2. The molecule has 0 spiro atoms. The molecule has 0 aromatic heterocycles. The fraction of sp³-hybridized carbons (Fsp3) is 0.429. The fourth-order valence-electron chi connectivity index (χ4n) is 1.63. The summed E-state index contributed by atoms with van der Waals surface area (Å²) < 4.78 is 30.9. The van der Waals surface area contributed by atoms with Crippen LogP contribution in [0.2, 0.25) is 0 Å². The van der Waals surface area contributed by atoms with Crippen molar-refractivity contribution in [2.24, 2.45) is 5.92 Å². The van der Waals surface area contributed by atoms with Crippen LogP contribution in [0.4, 0.5) is 8.78 Å². The average molecular weight is 301 g/mol. The predicted molar refractivity (Wildman–Crippen MR) is 70.9 cm³/mol. The van der Waals surface area contributed by atoms with Crippen molar-refractivity contribution in [1.82, 2.24) is 5.32 Å². The quantitative estimate of drug-likeness (QED) is 0.807. The summed E-state index contributed by atoms with van der Waals surface area (Å²) in [7, 11) is 0. The summed E-state index contributed by atoms with van der Waals surface area (Å²) >= 11 is 0. The highest BCUT2D eigenvalue weighted by Gasteiger charge is 2.25. The second-order valence-electron chi connectivity index (χ2n) is 4.63. The molecule has 5 nitrogen and oxygen atoms in total. The molecule has 0 aliphatic rings. The molecule has 1 aromatic carbocycles. The molecule has 116 valence electrons. The zero-order valence-electron chi connectivity index (χ0n) is 11.7. The molecule has 1 rings (SSSR count). The van der Waals surface area contributed by atoms with E-state index < -0.39 is 36.2 Å². The number of aliphatic carboxylic acids is 1. The van der Waals surface area contributed by atoms with Crippen LogP contribution in [0.25, 0.3) is 0 Å². The Morgan fingerprint density at radius 1 is 1.38 bits per heavy atom. The number of carbonyl (C=O) groups excluding carboxylic acids is 1. The van der Waals surface area contributed by atoms with Crippen LogP contribution in [0, 0.1) is 17.6 Å². The number of benzene rings is 1. The molecule has 0 saturated heterocycles. The third-order valence-corrected chi connectivity index (χ3v) is 3.05. The maximum absolute atomic E-state index is 13.3. The van der Waals surface area contributed by atoms with Gasteiger partial charge in [0.2, 0.25) is 0 Å². The van der Waals surface area contributed by atoms with Gasteiger partial charge in [-0.3, -0.25) is 4.79 Å². The Morgan fingerprint density at radius 2 is 2.05 bits per heavy atom. The first-order valence-corrected chi connectivity index (χ1v) is 6.45. The van der Waals surface area contributed by atoms with Gasteiger partial charge in [0, 0.05) is 6.07 Å². The van der Waals surface area contributed by atoms with Crippen molar-refractivity contribution >= 4 is 11.9 Å². The number of hydrogen-bond donors (Lipinski definition) is 2. The third kappa shape index (κ3) is 5.02. The van der Waals surface area contributed by atoms with Crippen molar-refractivity contribution in [2.45, 2.75) is 26.3 Å². The van der Waals surface area contributed by atoms with Crippen molar-refractivity contribution in [2.75, 3.05) is 6.61 Å². The average Bonchev–Trinajstić information content (AvgIpc) is 2.42. The molecule has 2 N–H and O–H groups in total. The topological polar surface area (TPSA) is 75.6 Å². The number of carboxylic acid groups (broad SMARTS) is 1. The molecule has 0 saturated carbocycles. The van der Waals surface area contributed by atoms with Crippen LogP contribution in [-0.4, -0.2) is 29.6 Å². The van der Waals surface area contributed by atoms with Crippen LogP contribution in [-0.2, 0) is 9.59 Å². The van der Waals surface area contributed by atoms with Crippen LogP contribution in [0.5, 0.6) is 5.75 Å². The molecule has 0 heterocycles. The van der Waals surface area contributed by atoms with E-state index in [2.05, 4.69) is 5.32 Å². The Bertz CT molecular complexity index is 522. The summed E-state index contributed by atoms with van der Waals surface area (Å²) in [6.07, 6.45) is 0.574. The maximum Gasteiger partial charge on any atom is 0.326 e. The highest BCUT2D eigenvalue weighted by molar-refractivity contribution is 5.84. The molecule has 0 bridgehead atoms. The Hall–Kier alpha value is -2.18. The zero-order valence-corrected chi connectivity index (χ0v) is 11.7. The van der Waals surface area contributed by atoms with Gasteiger partial charge in [-0.1, -0.05) is 20.3 Å². The Morgan fingerprint density at radius 3 is 2.57 bits per heavy atom. The first-order valence-electron chi connectivity index (χ1n) is 6.45. The highest BCUT2D eigenvalue weighted by Crippen LogP contribution is 2.17. The van der Waals surface area contributed by atoms with Crippen LogP contribution < -0.4 is 10.1 Å². The highest BCUT2D eigenvalue weighted by atomic mass is 19.1. The molecule has 0 aliphatic heterocycles. The van der Waals surface area contributed by atoms with Crippen molar-refractivity contribution in [3.8, 4) is 5.75 Å². The minimum absolute atomic E-state index is 0.256. The van der Waals surface area contributed by atoms with Crippen LogP contribution in [0.1, 0.15) is 20.3 Å². The molecule has 0 fully saturated rings. The van der Waals surface area contributed by atoms with E-state index in [9.17, 15) is 18.4 Å². The van der Waals surface area contributed by atoms with Gasteiger partial charge in [-0.2, -0.15) is 0 Å². The number of rotatable bonds is 7. The summed E-state index contributed by atoms with van der Waals surface area (Å²) in [5, 5.41) is 11.3. The lowest BCUT2D eigenvalue weighted by Crippen LogP contribution is -2.46. The standard InChI is InChI=1S/C14H17F2NO4/c1-3-8(2)13(14(19)20)17-12(18)7-21-11-5-4-9(15)6-10(11)16/h4-6,8,13H,3,7H2,1-2H3,(H,17,18)(H,19,20). The summed E-state index contributed by atoms with van der Waals surface area (Å²) in [4.78, 5) is 22.7. The largest absolute Gasteiger partial charge is 0.481 e. The molecule has 7 heteroatoms. The lowest BCUT2D eigenvalue weighted by molar-refractivity contribution is -0.143. The molecule has 0 aliphatic carbocycles. The fourth-order valence-corrected chi connectivity index (χ4v) is 1.63. The number of ether oxygens (including phenoxy) is 1. The summed E-state index contributed by atoms with van der Waals surface area (Å²) in [6.45, 7) is 2.94. The van der Waals surface area contributed by atoms with Gasteiger partial charge in [-0.05, 0) is 18.1 Å². The zero-order chi connectivity index (χ0) is 16.0. The van der Waals surface area contributed by atoms with Gasteiger partial charge >= 0.3 is 5.97 Å². The van der Waals surface area contributed by atoms with Crippen LogP contribution in [0.15, 0.2) is 18.2 Å². The lowest BCUT2D eigenvalue weighted by Gasteiger charge is -2.20. The van der Waals surface area contributed by atoms with E-state index in [1.54, 1.807) is 13.8 Å². The minimum atomic E-state index is -1.15. The first-order chi connectivity index (χ1) is 9.85. The maximum atomic E-state index is 13.3. The Labute approximate surface area is 120 Å². The summed E-state index contributed by atoms with van der Waals surface area (Å²) in [5.41, 5.74) is 0. The number of amides is 1. The minimum Gasteiger partial charge on any atom is -0.481 e.